The van der Waals surface area contributed by atoms with E-state index in [1.165, 1.54) is 4.90 Å². The third-order valence-corrected chi connectivity index (χ3v) is 6.98. The van der Waals surface area contributed by atoms with Crippen molar-refractivity contribution in [3.63, 3.8) is 0 Å². The van der Waals surface area contributed by atoms with E-state index in [0.717, 1.165) is 22.3 Å². The van der Waals surface area contributed by atoms with Gasteiger partial charge in [-0.3, -0.25) is 4.79 Å². The summed E-state index contributed by atoms with van der Waals surface area (Å²) >= 11 is 0. The monoisotopic (exact) mass is 487 g/mol. The number of aliphatic carboxylic acids is 1. The van der Waals surface area contributed by atoms with Gasteiger partial charge in [-0.15, -0.1) is 0 Å². The molecule has 1 aliphatic rings. The number of carboxylic acid groups (broad SMARTS) is 1. The van der Waals surface area contributed by atoms with Gasteiger partial charge in [0.15, 0.2) is 0 Å². The second kappa shape index (κ2) is 9.69. The summed E-state index contributed by atoms with van der Waals surface area (Å²) in [5, 5.41) is 10.7. The summed E-state index contributed by atoms with van der Waals surface area (Å²) in [6.45, 7) is 6.42. The standard InChI is InChI=1S/C30H33NO5/c1-29(2,3)25-14-12-21(16-26(25)36-5)27(32)31-19-22-11-13-24(35-4)15-23(22)18-30(31,28(33)34)17-20-9-7-6-8-10-20/h6-16H,17-19H2,1-5H3,(H,33,34). The Labute approximate surface area is 212 Å². The van der Waals surface area contributed by atoms with Gasteiger partial charge in [-0.1, -0.05) is 63.2 Å². The predicted molar refractivity (Wildman–Crippen MR) is 139 cm³/mol. The van der Waals surface area contributed by atoms with E-state index in [4.69, 9.17) is 9.47 Å². The fraction of sp³-hybridized carbons (Fsp3) is 0.333. The van der Waals surface area contributed by atoms with Crippen LogP contribution in [-0.4, -0.2) is 41.6 Å². The van der Waals surface area contributed by atoms with Gasteiger partial charge in [-0.25, -0.2) is 4.79 Å². The minimum atomic E-state index is -1.46. The predicted octanol–water partition coefficient (Wildman–Crippen LogP) is 5.27. The van der Waals surface area contributed by atoms with Crippen LogP contribution in [0.3, 0.4) is 0 Å². The summed E-state index contributed by atoms with van der Waals surface area (Å²) in [7, 11) is 3.17. The van der Waals surface area contributed by atoms with E-state index in [1.54, 1.807) is 26.4 Å². The Bertz CT molecular complexity index is 1280. The second-order valence-corrected chi connectivity index (χ2v) is 10.4. The van der Waals surface area contributed by atoms with E-state index in [9.17, 15) is 14.7 Å². The maximum atomic E-state index is 14.1. The number of carboxylic acids is 1. The lowest BCUT2D eigenvalue weighted by Gasteiger charge is -2.45. The van der Waals surface area contributed by atoms with Gasteiger partial charge in [-0.05, 0) is 51.9 Å². The molecule has 0 aliphatic carbocycles. The van der Waals surface area contributed by atoms with Gasteiger partial charge in [0, 0.05) is 24.9 Å². The fourth-order valence-electron chi connectivity index (χ4n) is 5.00. The van der Waals surface area contributed by atoms with Crippen molar-refractivity contribution >= 4 is 11.9 Å². The normalized spacial score (nSPS) is 17.3. The van der Waals surface area contributed by atoms with Gasteiger partial charge in [0.1, 0.15) is 17.0 Å². The number of nitrogens with zero attached hydrogens (tertiary/aromatic N) is 1. The lowest BCUT2D eigenvalue weighted by atomic mass is 9.78. The van der Waals surface area contributed by atoms with Crippen LogP contribution in [0.4, 0.5) is 0 Å². The zero-order chi connectivity index (χ0) is 26.1. The Hall–Kier alpha value is -3.80. The second-order valence-electron chi connectivity index (χ2n) is 10.4. The van der Waals surface area contributed by atoms with E-state index in [2.05, 4.69) is 20.8 Å². The van der Waals surface area contributed by atoms with Crippen molar-refractivity contribution < 1.29 is 24.2 Å². The number of amides is 1. The van der Waals surface area contributed by atoms with Gasteiger partial charge in [0.05, 0.1) is 14.2 Å². The van der Waals surface area contributed by atoms with Gasteiger partial charge in [0.2, 0.25) is 0 Å². The smallest absolute Gasteiger partial charge is 0.330 e. The fourth-order valence-corrected chi connectivity index (χ4v) is 5.00. The molecule has 0 spiro atoms. The van der Waals surface area contributed by atoms with Crippen molar-refractivity contribution in [1.29, 1.82) is 0 Å². The Kier molecular flexibility index (Phi) is 6.81. The number of methoxy groups -OCH3 is 2. The Morgan fingerprint density at radius 1 is 0.944 bits per heavy atom. The molecule has 1 amide bonds. The molecule has 1 atom stereocenters. The SMILES string of the molecule is COc1ccc2c(c1)CC(Cc1ccccc1)(C(=O)O)N(C(=O)c1ccc(C(C)(C)C)c(OC)c1)C2. The van der Waals surface area contributed by atoms with E-state index in [0.29, 0.717) is 17.1 Å². The molecule has 188 valence electrons. The highest BCUT2D eigenvalue weighted by Crippen LogP contribution is 2.38. The van der Waals surface area contributed by atoms with Crippen LogP contribution >= 0.6 is 0 Å². The molecule has 0 bridgehead atoms. The van der Waals surface area contributed by atoms with Crippen LogP contribution in [0.1, 0.15) is 53.4 Å². The number of hydrogen-bond donors (Lipinski definition) is 1. The van der Waals surface area contributed by atoms with E-state index in [-0.39, 0.29) is 30.7 Å². The third-order valence-electron chi connectivity index (χ3n) is 6.98. The largest absolute Gasteiger partial charge is 0.497 e. The van der Waals surface area contributed by atoms with Crippen molar-refractivity contribution in [2.75, 3.05) is 14.2 Å². The molecule has 1 aliphatic heterocycles. The van der Waals surface area contributed by atoms with Gasteiger partial charge in [-0.2, -0.15) is 0 Å². The minimum Gasteiger partial charge on any atom is -0.497 e. The zero-order valence-corrected chi connectivity index (χ0v) is 21.5. The van der Waals surface area contributed by atoms with Crippen LogP contribution in [-0.2, 0) is 29.6 Å². The van der Waals surface area contributed by atoms with Crippen LogP contribution in [0, 0.1) is 0 Å². The maximum absolute atomic E-state index is 14.1. The number of carbonyl (C=O) groups is 2. The summed E-state index contributed by atoms with van der Waals surface area (Å²) in [6, 6.07) is 20.5. The first kappa shape index (κ1) is 25.3. The number of rotatable bonds is 6. The molecule has 4 rings (SSSR count). The van der Waals surface area contributed by atoms with E-state index in [1.807, 2.05) is 54.6 Å². The van der Waals surface area contributed by atoms with Crippen molar-refractivity contribution in [3.8, 4) is 11.5 Å². The third kappa shape index (κ3) is 4.68. The van der Waals surface area contributed by atoms with Gasteiger partial charge < -0.3 is 19.5 Å². The minimum absolute atomic E-state index is 0.172. The Morgan fingerprint density at radius 2 is 1.67 bits per heavy atom. The molecule has 36 heavy (non-hydrogen) atoms. The lowest BCUT2D eigenvalue weighted by Crippen LogP contribution is -2.61. The molecular weight excluding hydrogens is 454 g/mol. The molecule has 3 aromatic carbocycles. The molecule has 0 saturated carbocycles. The van der Waals surface area contributed by atoms with Crippen LogP contribution in [0.2, 0.25) is 0 Å². The first-order chi connectivity index (χ1) is 17.1. The molecule has 1 heterocycles. The van der Waals surface area contributed by atoms with Crippen molar-refractivity contribution in [2.45, 2.75) is 51.1 Å². The highest BCUT2D eigenvalue weighted by Gasteiger charge is 2.50. The van der Waals surface area contributed by atoms with Crippen molar-refractivity contribution in [1.82, 2.24) is 4.90 Å². The average molecular weight is 488 g/mol. The zero-order valence-electron chi connectivity index (χ0n) is 21.5. The van der Waals surface area contributed by atoms with Crippen LogP contribution in [0.25, 0.3) is 0 Å². The molecule has 3 aromatic rings. The molecule has 6 nitrogen and oxygen atoms in total. The molecule has 6 heteroatoms. The summed E-state index contributed by atoms with van der Waals surface area (Å²) in [4.78, 5) is 28.6. The number of carbonyl (C=O) groups excluding carboxylic acids is 1. The number of fused-ring (bicyclic) bond motifs is 1. The Morgan fingerprint density at radius 3 is 2.28 bits per heavy atom. The van der Waals surface area contributed by atoms with Gasteiger partial charge >= 0.3 is 5.97 Å². The highest BCUT2D eigenvalue weighted by molar-refractivity contribution is 5.99. The molecule has 0 aromatic heterocycles. The number of hydrogen-bond acceptors (Lipinski definition) is 4. The molecule has 0 radical (unpaired) electrons. The molecule has 1 N–H and O–H groups in total. The van der Waals surface area contributed by atoms with Crippen LogP contribution in [0.15, 0.2) is 66.7 Å². The number of ether oxygens (including phenoxy) is 2. The molecule has 0 saturated heterocycles. The molecule has 0 fully saturated rings. The lowest BCUT2D eigenvalue weighted by molar-refractivity contribution is -0.151. The summed E-state index contributed by atoms with van der Waals surface area (Å²) < 4.78 is 11.0. The van der Waals surface area contributed by atoms with Crippen molar-refractivity contribution in [2.24, 2.45) is 0 Å². The van der Waals surface area contributed by atoms with Crippen molar-refractivity contribution in [3.05, 3.63) is 94.5 Å². The van der Waals surface area contributed by atoms with E-state index >= 15 is 0 Å². The quantitative estimate of drug-likeness (QED) is 0.513. The van der Waals surface area contributed by atoms with Crippen LogP contribution < -0.4 is 9.47 Å². The Balaban J connectivity index is 1.84. The first-order valence-electron chi connectivity index (χ1n) is 12.0. The molecular formula is C30H33NO5. The summed E-state index contributed by atoms with van der Waals surface area (Å²) in [5.74, 6) is -0.102. The summed E-state index contributed by atoms with van der Waals surface area (Å²) in [5.41, 5.74) is 2.37. The highest BCUT2D eigenvalue weighted by atomic mass is 16.5. The molecule has 1 unspecified atom stereocenters. The van der Waals surface area contributed by atoms with Crippen LogP contribution in [0.5, 0.6) is 11.5 Å². The maximum Gasteiger partial charge on any atom is 0.330 e. The summed E-state index contributed by atoms with van der Waals surface area (Å²) in [6.07, 6.45) is 0.357. The first-order valence-corrected chi connectivity index (χ1v) is 12.0. The van der Waals surface area contributed by atoms with Gasteiger partial charge in [0.25, 0.3) is 5.91 Å². The number of benzene rings is 3. The van der Waals surface area contributed by atoms with E-state index < -0.39 is 11.5 Å². The topological polar surface area (TPSA) is 76.1 Å². The average Bonchev–Trinajstić information content (AvgIpc) is 2.87.